The summed E-state index contributed by atoms with van der Waals surface area (Å²) < 4.78 is 0. The summed E-state index contributed by atoms with van der Waals surface area (Å²) in [5.74, 6) is 0. The second kappa shape index (κ2) is 3.41. The number of nitriles is 1. The highest BCUT2D eigenvalue weighted by Crippen LogP contribution is 1.54. The van der Waals surface area contributed by atoms with E-state index in [2.05, 4.69) is 4.89 Å². The summed E-state index contributed by atoms with van der Waals surface area (Å²) in [6.45, 7) is -0.361. The SMILES string of the molecule is N#CCO[O]. The molecule has 3 heteroatoms. The fourth-order valence-electron chi connectivity index (χ4n) is 0.0264. The van der Waals surface area contributed by atoms with Crippen LogP contribution in [0.25, 0.3) is 0 Å². The largest absolute Gasteiger partial charge is 0.196 e. The Morgan fingerprint density at radius 3 is 2.60 bits per heavy atom. The lowest BCUT2D eigenvalue weighted by Gasteiger charge is -1.66. The number of rotatable bonds is 1. The molecule has 0 rings (SSSR count). The first-order chi connectivity index (χ1) is 2.41. The Hall–Kier alpha value is -0.590. The van der Waals surface area contributed by atoms with E-state index in [9.17, 15) is 0 Å². The fourth-order valence-corrected chi connectivity index (χ4v) is 0.0264. The third-order valence-corrected chi connectivity index (χ3v) is 0.123. The maximum Gasteiger partial charge on any atom is 0.172 e. The van der Waals surface area contributed by atoms with Crippen LogP contribution >= 0.6 is 0 Å². The molecule has 1 radical (unpaired) electrons. The second-order valence-electron chi connectivity index (χ2n) is 0.420. The molecule has 0 aromatic heterocycles. The van der Waals surface area contributed by atoms with Crippen molar-refractivity contribution in [1.29, 1.82) is 5.26 Å². The standard InChI is InChI=1S/C2H2NO2/c3-1-2-5-4/h2H2. The minimum absolute atomic E-state index is 0.361. The molecule has 0 aliphatic rings. The lowest BCUT2D eigenvalue weighted by molar-refractivity contribution is -0.293. The zero-order chi connectivity index (χ0) is 4.12. The minimum Gasteiger partial charge on any atom is -0.196 e. The summed E-state index contributed by atoms with van der Waals surface area (Å²) in [5, 5.41) is 16.3. The molecular weight excluding hydrogens is 70.0 g/mol. The molecule has 0 unspecified atom stereocenters. The van der Waals surface area contributed by atoms with Crippen LogP contribution in [-0.4, -0.2) is 6.61 Å². The van der Waals surface area contributed by atoms with E-state index in [0.29, 0.717) is 0 Å². The quantitative estimate of drug-likeness (QED) is 0.320. The molecule has 0 fully saturated rings. The predicted molar refractivity (Wildman–Crippen MR) is 12.3 cm³/mol. The van der Waals surface area contributed by atoms with Crippen LogP contribution in [0.2, 0.25) is 0 Å². The molecule has 0 aromatic carbocycles. The highest BCUT2D eigenvalue weighted by Gasteiger charge is 1.67. The molecule has 0 aromatic rings. The van der Waals surface area contributed by atoms with Gasteiger partial charge in [-0.1, -0.05) is 0 Å². The topological polar surface area (TPSA) is 52.9 Å². The molecule has 0 spiro atoms. The van der Waals surface area contributed by atoms with E-state index in [1.165, 1.54) is 6.07 Å². The first-order valence-corrected chi connectivity index (χ1v) is 1.03. The summed E-state index contributed by atoms with van der Waals surface area (Å²) in [6.07, 6.45) is 0. The lowest BCUT2D eigenvalue weighted by Crippen LogP contribution is -1.76. The van der Waals surface area contributed by atoms with E-state index in [4.69, 9.17) is 10.5 Å². The monoisotopic (exact) mass is 72.0 g/mol. The van der Waals surface area contributed by atoms with Crippen LogP contribution < -0.4 is 0 Å². The molecule has 0 atom stereocenters. The zero-order valence-corrected chi connectivity index (χ0v) is 2.47. The fraction of sp³-hybridized carbons (Fsp3) is 0.500. The maximum atomic E-state index is 8.81. The summed E-state index contributed by atoms with van der Waals surface area (Å²) in [4.78, 5) is 3.08. The molecule has 0 heterocycles. The van der Waals surface area contributed by atoms with E-state index < -0.39 is 0 Å². The van der Waals surface area contributed by atoms with E-state index >= 15 is 0 Å². The van der Waals surface area contributed by atoms with Crippen molar-refractivity contribution in [3.63, 3.8) is 0 Å². The lowest BCUT2D eigenvalue weighted by atomic mass is 10.9. The Labute approximate surface area is 29.3 Å². The average Bonchev–Trinajstić information content (AvgIpc) is 1.41. The zero-order valence-electron chi connectivity index (χ0n) is 2.47. The normalized spacial score (nSPS) is 6.40. The summed E-state index contributed by atoms with van der Waals surface area (Å²) in [6, 6.07) is 1.48. The van der Waals surface area contributed by atoms with Gasteiger partial charge in [-0.15, -0.1) is 0 Å². The average molecular weight is 72.0 g/mol. The Kier molecular flexibility index (Phi) is 3.01. The molecule has 0 N–H and O–H groups in total. The van der Waals surface area contributed by atoms with Crippen molar-refractivity contribution in [1.82, 2.24) is 0 Å². The second-order valence-corrected chi connectivity index (χ2v) is 0.420. The van der Waals surface area contributed by atoms with Gasteiger partial charge in [-0.2, -0.15) is 10.1 Å². The van der Waals surface area contributed by atoms with Crippen molar-refractivity contribution in [3.8, 4) is 6.07 Å². The van der Waals surface area contributed by atoms with Crippen molar-refractivity contribution >= 4 is 0 Å². The van der Waals surface area contributed by atoms with Gasteiger partial charge in [0.05, 0.1) is 6.07 Å². The van der Waals surface area contributed by atoms with E-state index in [1.807, 2.05) is 0 Å². The van der Waals surface area contributed by atoms with Crippen molar-refractivity contribution in [2.45, 2.75) is 0 Å². The van der Waals surface area contributed by atoms with Gasteiger partial charge in [-0.3, -0.25) is 0 Å². The Bertz CT molecular complexity index is 46.1. The van der Waals surface area contributed by atoms with E-state index in [0.717, 1.165) is 0 Å². The first kappa shape index (κ1) is 4.41. The number of hydrogen-bond acceptors (Lipinski definition) is 2. The predicted octanol–water partition coefficient (Wildman–Crippen LogP) is -0.128. The van der Waals surface area contributed by atoms with Crippen molar-refractivity contribution in [2.75, 3.05) is 6.61 Å². The van der Waals surface area contributed by atoms with Gasteiger partial charge in [-0.25, -0.2) is 0 Å². The molecule has 0 bridgehead atoms. The Morgan fingerprint density at radius 2 is 2.60 bits per heavy atom. The van der Waals surface area contributed by atoms with Gasteiger partial charge >= 0.3 is 0 Å². The molecule has 27 valence electrons. The van der Waals surface area contributed by atoms with Crippen LogP contribution in [0.15, 0.2) is 0 Å². The minimum atomic E-state index is -0.361. The molecule has 0 saturated heterocycles. The molecule has 5 heavy (non-hydrogen) atoms. The van der Waals surface area contributed by atoms with Crippen LogP contribution in [0.4, 0.5) is 0 Å². The smallest absolute Gasteiger partial charge is 0.172 e. The Balaban J connectivity index is 2.48. The van der Waals surface area contributed by atoms with Gasteiger partial charge in [0, 0.05) is 0 Å². The van der Waals surface area contributed by atoms with Crippen LogP contribution in [0, 0.1) is 11.3 Å². The van der Waals surface area contributed by atoms with Crippen LogP contribution in [0.1, 0.15) is 0 Å². The third-order valence-electron chi connectivity index (χ3n) is 0.123. The van der Waals surface area contributed by atoms with Gasteiger partial charge < -0.3 is 0 Å². The van der Waals surface area contributed by atoms with Crippen molar-refractivity contribution in [2.24, 2.45) is 0 Å². The molecule has 0 aliphatic carbocycles. The molecule has 3 nitrogen and oxygen atoms in total. The van der Waals surface area contributed by atoms with E-state index in [1.54, 1.807) is 0 Å². The van der Waals surface area contributed by atoms with Crippen molar-refractivity contribution < 1.29 is 10.1 Å². The number of hydrogen-bond donors (Lipinski definition) is 0. The summed E-state index contributed by atoms with van der Waals surface area (Å²) in [7, 11) is 0. The Morgan fingerprint density at radius 1 is 2.00 bits per heavy atom. The van der Waals surface area contributed by atoms with Gasteiger partial charge in [0.2, 0.25) is 0 Å². The molecule has 0 amide bonds. The van der Waals surface area contributed by atoms with Crippen LogP contribution in [0.3, 0.4) is 0 Å². The highest BCUT2D eigenvalue weighted by atomic mass is 17.1. The maximum absolute atomic E-state index is 8.81. The molecular formula is C2H2NO2. The van der Waals surface area contributed by atoms with Gasteiger partial charge in [0.1, 0.15) is 0 Å². The number of nitrogens with zero attached hydrogens (tertiary/aromatic N) is 1. The summed E-state index contributed by atoms with van der Waals surface area (Å²) >= 11 is 0. The van der Waals surface area contributed by atoms with Crippen molar-refractivity contribution in [3.05, 3.63) is 0 Å². The van der Waals surface area contributed by atoms with E-state index in [-0.39, 0.29) is 6.61 Å². The van der Waals surface area contributed by atoms with Crippen LogP contribution in [-0.2, 0) is 10.1 Å². The highest BCUT2D eigenvalue weighted by molar-refractivity contribution is 4.64. The van der Waals surface area contributed by atoms with Gasteiger partial charge in [0.25, 0.3) is 0 Å². The first-order valence-electron chi connectivity index (χ1n) is 1.03. The van der Waals surface area contributed by atoms with Crippen LogP contribution in [0.5, 0.6) is 0 Å². The summed E-state index contributed by atoms with van der Waals surface area (Å²) in [5.41, 5.74) is 0. The van der Waals surface area contributed by atoms with Gasteiger partial charge in [0.15, 0.2) is 6.61 Å². The third kappa shape index (κ3) is 3.41. The molecule has 0 aliphatic heterocycles. The molecule has 0 saturated carbocycles. The van der Waals surface area contributed by atoms with Gasteiger partial charge in [-0.05, 0) is 5.26 Å².